The van der Waals surface area contributed by atoms with Crippen molar-refractivity contribution >= 4 is 29.9 Å². The van der Waals surface area contributed by atoms with Crippen molar-refractivity contribution in [2.75, 3.05) is 6.54 Å². The van der Waals surface area contributed by atoms with E-state index in [0.717, 1.165) is 30.8 Å². The topological polar surface area (TPSA) is 55.1 Å². The predicted octanol–water partition coefficient (Wildman–Crippen LogP) is 3.28. The van der Waals surface area contributed by atoms with Crippen molar-refractivity contribution in [2.45, 2.75) is 43.6 Å². The maximum absolute atomic E-state index is 12.6. The van der Waals surface area contributed by atoms with Gasteiger partial charge in [0.05, 0.1) is 5.92 Å². The van der Waals surface area contributed by atoms with Gasteiger partial charge < -0.3 is 11.1 Å². The fraction of sp³-hybridized carbons (Fsp3) is 0.611. The Morgan fingerprint density at radius 1 is 1.22 bits per heavy atom. The van der Waals surface area contributed by atoms with Gasteiger partial charge in [-0.25, -0.2) is 0 Å². The third-order valence-electron chi connectivity index (χ3n) is 6.19. The molecule has 4 unspecified atom stereocenters. The summed E-state index contributed by atoms with van der Waals surface area (Å²) in [7, 11) is 0. The van der Waals surface area contributed by atoms with Crippen molar-refractivity contribution in [2.24, 2.45) is 23.5 Å². The lowest BCUT2D eigenvalue weighted by Gasteiger charge is -2.28. The van der Waals surface area contributed by atoms with Gasteiger partial charge in [0.1, 0.15) is 0 Å². The zero-order valence-corrected chi connectivity index (χ0v) is 14.7. The summed E-state index contributed by atoms with van der Waals surface area (Å²) in [5.41, 5.74) is 7.69. The van der Waals surface area contributed by atoms with Crippen LogP contribution in [-0.2, 0) is 10.2 Å². The summed E-state index contributed by atoms with van der Waals surface area (Å²) in [6.07, 6.45) is 5.82. The Bertz CT molecular complexity index is 583. The van der Waals surface area contributed by atoms with Crippen molar-refractivity contribution in [3.05, 3.63) is 34.9 Å². The van der Waals surface area contributed by atoms with Crippen molar-refractivity contribution < 1.29 is 4.79 Å². The van der Waals surface area contributed by atoms with Crippen LogP contribution in [0.15, 0.2) is 24.3 Å². The maximum atomic E-state index is 12.6. The second-order valence-corrected chi connectivity index (χ2v) is 7.88. The van der Waals surface area contributed by atoms with Crippen LogP contribution >= 0.6 is 24.0 Å². The van der Waals surface area contributed by atoms with Crippen molar-refractivity contribution in [3.63, 3.8) is 0 Å². The highest BCUT2D eigenvalue weighted by Crippen LogP contribution is 2.49. The van der Waals surface area contributed by atoms with Gasteiger partial charge in [-0.05, 0) is 61.6 Å². The molecule has 0 spiro atoms. The Labute approximate surface area is 148 Å². The van der Waals surface area contributed by atoms with Crippen LogP contribution < -0.4 is 11.1 Å². The third kappa shape index (κ3) is 2.99. The van der Waals surface area contributed by atoms with Crippen molar-refractivity contribution in [3.8, 4) is 0 Å². The highest BCUT2D eigenvalue weighted by Gasteiger charge is 2.50. The van der Waals surface area contributed by atoms with E-state index in [1.807, 2.05) is 12.1 Å². The number of carbonyl (C=O) groups excluding carboxylic acids is 1. The lowest BCUT2D eigenvalue weighted by molar-refractivity contribution is -0.127. The molecule has 3 aliphatic rings. The first-order chi connectivity index (χ1) is 10.6. The summed E-state index contributed by atoms with van der Waals surface area (Å²) in [6, 6.07) is 8.12. The molecular formula is C18H24Cl2N2O. The molecule has 126 valence electrons. The van der Waals surface area contributed by atoms with Crippen LogP contribution in [0, 0.1) is 17.8 Å². The number of carbonyl (C=O) groups is 1. The molecule has 3 N–H and O–H groups in total. The number of nitrogens with two attached hydrogens (primary N) is 1. The van der Waals surface area contributed by atoms with Gasteiger partial charge in [-0.3, -0.25) is 4.79 Å². The van der Waals surface area contributed by atoms with E-state index in [0.29, 0.717) is 11.8 Å². The number of benzene rings is 1. The van der Waals surface area contributed by atoms with Gasteiger partial charge >= 0.3 is 0 Å². The van der Waals surface area contributed by atoms with Crippen LogP contribution in [-0.4, -0.2) is 18.5 Å². The summed E-state index contributed by atoms with van der Waals surface area (Å²) in [4.78, 5) is 12.6. The third-order valence-corrected chi connectivity index (χ3v) is 6.45. The fourth-order valence-corrected chi connectivity index (χ4v) is 4.75. The second-order valence-electron chi connectivity index (χ2n) is 7.44. The Kier molecular flexibility index (Phi) is 4.65. The minimum atomic E-state index is 0. The van der Waals surface area contributed by atoms with Gasteiger partial charge in [0.15, 0.2) is 0 Å². The molecule has 3 nitrogen and oxygen atoms in total. The number of nitrogens with one attached hydrogen (secondary N) is 1. The molecule has 0 aromatic heterocycles. The van der Waals surface area contributed by atoms with E-state index in [1.54, 1.807) is 0 Å². The zero-order chi connectivity index (χ0) is 15.3. The molecule has 0 saturated heterocycles. The van der Waals surface area contributed by atoms with Gasteiger partial charge in [-0.15, -0.1) is 12.4 Å². The molecule has 3 saturated carbocycles. The highest BCUT2D eigenvalue weighted by atomic mass is 35.5. The number of hydrogen-bond acceptors (Lipinski definition) is 2. The molecule has 0 radical (unpaired) electrons. The number of rotatable bonds is 4. The van der Waals surface area contributed by atoms with E-state index < -0.39 is 0 Å². The van der Waals surface area contributed by atoms with Gasteiger partial charge in [0.25, 0.3) is 0 Å². The summed E-state index contributed by atoms with van der Waals surface area (Å²) in [6.45, 7) is 0.730. The largest absolute Gasteiger partial charge is 0.355 e. The molecule has 5 heteroatoms. The molecule has 1 aromatic rings. The van der Waals surface area contributed by atoms with E-state index in [4.69, 9.17) is 17.3 Å². The smallest absolute Gasteiger partial charge is 0.224 e. The Morgan fingerprint density at radius 2 is 1.87 bits per heavy atom. The molecule has 23 heavy (non-hydrogen) atoms. The maximum Gasteiger partial charge on any atom is 0.224 e. The molecular weight excluding hydrogens is 331 g/mol. The molecule has 0 aliphatic heterocycles. The minimum absolute atomic E-state index is 0. The predicted molar refractivity (Wildman–Crippen MR) is 94.9 cm³/mol. The van der Waals surface area contributed by atoms with E-state index in [-0.39, 0.29) is 35.7 Å². The quantitative estimate of drug-likeness (QED) is 0.871. The summed E-state index contributed by atoms with van der Waals surface area (Å²) >= 11 is 5.96. The van der Waals surface area contributed by atoms with E-state index in [1.165, 1.54) is 18.4 Å². The van der Waals surface area contributed by atoms with Crippen LogP contribution in [0.5, 0.6) is 0 Å². The van der Waals surface area contributed by atoms with Crippen LogP contribution in [0.1, 0.15) is 37.7 Å². The summed E-state index contributed by atoms with van der Waals surface area (Å²) < 4.78 is 0. The SMILES string of the molecule is Cl.NC1C2CCC(C2)C1C(=O)NCC1(c2ccc(Cl)cc2)CC1. The van der Waals surface area contributed by atoms with Crippen LogP contribution in [0.25, 0.3) is 0 Å². The average Bonchev–Trinajstić information content (AvgIpc) is 3.04. The monoisotopic (exact) mass is 354 g/mol. The van der Waals surface area contributed by atoms with Crippen molar-refractivity contribution in [1.82, 2.24) is 5.32 Å². The number of hydrogen-bond donors (Lipinski definition) is 2. The average molecular weight is 355 g/mol. The minimum Gasteiger partial charge on any atom is -0.355 e. The molecule has 3 fully saturated rings. The Balaban J connectivity index is 0.00000156. The van der Waals surface area contributed by atoms with Crippen molar-refractivity contribution in [1.29, 1.82) is 0 Å². The first kappa shape index (κ1) is 17.1. The fourth-order valence-electron chi connectivity index (χ4n) is 4.62. The lowest BCUT2D eigenvalue weighted by Crippen LogP contribution is -2.46. The number of halogens is 2. The molecule has 4 atom stereocenters. The molecule has 3 aliphatic carbocycles. The first-order valence-corrected chi connectivity index (χ1v) is 8.76. The van der Waals surface area contributed by atoms with Crippen LogP contribution in [0.2, 0.25) is 5.02 Å². The second kappa shape index (κ2) is 6.27. The molecule has 0 heterocycles. The summed E-state index contributed by atoms with van der Waals surface area (Å²) in [5, 5.41) is 3.96. The zero-order valence-electron chi connectivity index (χ0n) is 13.1. The Hall–Kier alpha value is -0.770. The Morgan fingerprint density at radius 3 is 2.43 bits per heavy atom. The molecule has 4 rings (SSSR count). The molecule has 2 bridgehead atoms. The highest BCUT2D eigenvalue weighted by molar-refractivity contribution is 6.30. The van der Waals surface area contributed by atoms with Crippen LogP contribution in [0.4, 0.5) is 0 Å². The van der Waals surface area contributed by atoms with Gasteiger partial charge in [0, 0.05) is 23.0 Å². The molecule has 1 aromatic carbocycles. The standard InChI is InChI=1S/C18H23ClN2O.ClH/c19-14-5-3-13(4-6-14)18(7-8-18)10-21-17(22)15-11-1-2-12(9-11)16(15)20;/h3-6,11-12,15-16H,1-2,7-10,20H2,(H,21,22);1H. The first-order valence-electron chi connectivity index (χ1n) is 8.38. The van der Waals surface area contributed by atoms with Gasteiger partial charge in [-0.1, -0.05) is 23.7 Å². The number of fused-ring (bicyclic) bond motifs is 2. The van der Waals surface area contributed by atoms with E-state index in [2.05, 4.69) is 17.4 Å². The number of amides is 1. The normalized spacial score (nSPS) is 33.1. The van der Waals surface area contributed by atoms with E-state index >= 15 is 0 Å². The van der Waals surface area contributed by atoms with Crippen LogP contribution in [0.3, 0.4) is 0 Å². The molecule has 1 amide bonds. The summed E-state index contributed by atoms with van der Waals surface area (Å²) in [5.74, 6) is 1.32. The van der Waals surface area contributed by atoms with Gasteiger partial charge in [-0.2, -0.15) is 0 Å². The van der Waals surface area contributed by atoms with E-state index in [9.17, 15) is 4.79 Å². The van der Waals surface area contributed by atoms with Gasteiger partial charge in [0.2, 0.25) is 5.91 Å². The lowest BCUT2D eigenvalue weighted by atomic mass is 9.84.